The Morgan fingerprint density at radius 1 is 0.929 bits per heavy atom. The van der Waals surface area contributed by atoms with E-state index in [2.05, 4.69) is 96.2 Å². The lowest BCUT2D eigenvalue weighted by molar-refractivity contribution is -0.634. The Morgan fingerprint density at radius 3 is 2.46 bits per heavy atom. The molecule has 5 heteroatoms. The van der Waals surface area contributed by atoms with Crippen molar-refractivity contribution in [3.63, 3.8) is 0 Å². The molecule has 6 rings (SSSR count). The molecule has 140 valence electrons. The molecule has 0 aliphatic carbocycles. The molecule has 0 N–H and O–H groups in total. The zero-order valence-corrected chi connectivity index (χ0v) is 17.2. The van der Waals surface area contributed by atoms with E-state index in [1.807, 2.05) is 0 Å². The fraction of sp³-hybridized carbons (Fsp3) is 0.304. The molecular weight excluding hydrogens is 346 g/mol. The van der Waals surface area contributed by atoms with E-state index in [1.165, 1.54) is 44.7 Å². The average molecular weight is 370 g/mol. The summed E-state index contributed by atoms with van der Waals surface area (Å²) in [5.41, 5.74) is 9.62. The SMILES string of the molecule is Cc1ccc2c3c1-c1n(c4ccccc4[n+]1C)C(C)(C)n3c1nc(C)c(C)n21. The lowest BCUT2D eigenvalue weighted by atomic mass is 10.0. The highest BCUT2D eigenvalue weighted by Crippen LogP contribution is 2.44. The van der Waals surface area contributed by atoms with E-state index in [-0.39, 0.29) is 5.66 Å². The van der Waals surface area contributed by atoms with Crippen LogP contribution in [0.15, 0.2) is 36.4 Å². The van der Waals surface area contributed by atoms with E-state index in [0.29, 0.717) is 0 Å². The third-order valence-corrected chi connectivity index (χ3v) is 6.69. The van der Waals surface area contributed by atoms with Gasteiger partial charge in [-0.2, -0.15) is 4.57 Å². The molecule has 0 saturated heterocycles. The number of rotatable bonds is 0. The molecule has 5 nitrogen and oxygen atoms in total. The van der Waals surface area contributed by atoms with Crippen molar-refractivity contribution >= 4 is 27.8 Å². The fourth-order valence-electron chi connectivity index (χ4n) is 5.27. The van der Waals surface area contributed by atoms with Gasteiger partial charge in [0, 0.05) is 5.69 Å². The van der Waals surface area contributed by atoms with Crippen molar-refractivity contribution in [1.29, 1.82) is 0 Å². The van der Waals surface area contributed by atoms with Crippen molar-refractivity contribution in [3.05, 3.63) is 53.3 Å². The monoisotopic (exact) mass is 370 g/mol. The Kier molecular flexibility index (Phi) is 2.65. The Labute approximate surface area is 163 Å². The predicted molar refractivity (Wildman–Crippen MR) is 112 cm³/mol. The summed E-state index contributed by atoms with van der Waals surface area (Å²) in [7, 11) is 2.18. The van der Waals surface area contributed by atoms with Crippen LogP contribution >= 0.6 is 0 Å². The van der Waals surface area contributed by atoms with Gasteiger partial charge in [-0.25, -0.2) is 9.55 Å². The molecule has 0 atom stereocenters. The highest BCUT2D eigenvalue weighted by atomic mass is 15.4. The van der Waals surface area contributed by atoms with E-state index in [0.717, 1.165) is 11.5 Å². The third kappa shape index (κ3) is 1.53. The predicted octanol–water partition coefficient (Wildman–Crippen LogP) is 4.21. The molecular formula is C23H24N5+. The largest absolute Gasteiger partial charge is 0.294 e. The minimum absolute atomic E-state index is 0.287. The molecule has 0 amide bonds. The fourth-order valence-corrected chi connectivity index (χ4v) is 5.27. The first kappa shape index (κ1) is 15.9. The van der Waals surface area contributed by atoms with Crippen LogP contribution in [-0.4, -0.2) is 18.5 Å². The first-order valence-electron chi connectivity index (χ1n) is 9.84. The number of benzene rings is 2. The van der Waals surface area contributed by atoms with Crippen molar-refractivity contribution in [2.75, 3.05) is 0 Å². The Hall–Kier alpha value is -3.08. The van der Waals surface area contributed by atoms with Gasteiger partial charge < -0.3 is 0 Å². The number of fused-ring (bicyclic) bond motifs is 7. The van der Waals surface area contributed by atoms with Gasteiger partial charge in [0.1, 0.15) is 0 Å². The maximum Gasteiger partial charge on any atom is 0.294 e. The minimum Gasteiger partial charge on any atom is -0.281 e. The molecule has 0 radical (unpaired) electrons. The second-order valence-corrected chi connectivity index (χ2v) is 8.58. The number of nitrogens with zero attached hydrogens (tertiary/aromatic N) is 5. The molecule has 0 fully saturated rings. The van der Waals surface area contributed by atoms with Gasteiger partial charge in [-0.05, 0) is 58.4 Å². The second kappa shape index (κ2) is 4.66. The van der Waals surface area contributed by atoms with Crippen LogP contribution in [0.3, 0.4) is 0 Å². The third-order valence-electron chi connectivity index (χ3n) is 6.69. The van der Waals surface area contributed by atoms with Crippen LogP contribution in [0.4, 0.5) is 0 Å². The summed E-state index contributed by atoms with van der Waals surface area (Å²) in [5.74, 6) is 2.28. The first-order chi connectivity index (χ1) is 13.3. The summed E-state index contributed by atoms with van der Waals surface area (Å²) < 4.78 is 9.58. The average Bonchev–Trinajstić information content (AvgIpc) is 3.24. The van der Waals surface area contributed by atoms with Gasteiger partial charge in [-0.1, -0.05) is 18.2 Å². The van der Waals surface area contributed by atoms with E-state index in [1.54, 1.807) is 0 Å². The van der Waals surface area contributed by atoms with E-state index in [9.17, 15) is 0 Å². The van der Waals surface area contributed by atoms with Crippen molar-refractivity contribution in [1.82, 2.24) is 18.5 Å². The Bertz CT molecular complexity index is 1470. The molecule has 1 aliphatic heterocycles. The maximum atomic E-state index is 4.99. The standard InChI is InChI=1S/C23H24N5/c1-13-11-12-18-20-19(13)21-25(6)16-9-7-8-10-17(16)27(21)23(4,5)28(20)22-24-14(2)15(3)26(18)22/h7-12H,1-6H3/q+1. The lowest BCUT2D eigenvalue weighted by Crippen LogP contribution is -2.42. The molecule has 3 aromatic heterocycles. The van der Waals surface area contributed by atoms with E-state index in [4.69, 9.17) is 4.98 Å². The van der Waals surface area contributed by atoms with Crippen LogP contribution < -0.4 is 4.57 Å². The number of para-hydroxylation sites is 2. The van der Waals surface area contributed by atoms with Crippen LogP contribution in [0.25, 0.3) is 39.2 Å². The summed E-state index contributed by atoms with van der Waals surface area (Å²) in [6.07, 6.45) is 0. The summed E-state index contributed by atoms with van der Waals surface area (Å²) in [5, 5.41) is 0. The topological polar surface area (TPSA) is 31.0 Å². The van der Waals surface area contributed by atoms with Gasteiger partial charge in [0.05, 0.1) is 29.3 Å². The first-order valence-corrected chi connectivity index (χ1v) is 9.84. The molecule has 1 aliphatic rings. The highest BCUT2D eigenvalue weighted by Gasteiger charge is 2.45. The van der Waals surface area contributed by atoms with Crippen LogP contribution in [-0.2, 0) is 12.7 Å². The van der Waals surface area contributed by atoms with E-state index >= 15 is 0 Å². The van der Waals surface area contributed by atoms with Gasteiger partial charge in [-0.15, -0.1) is 0 Å². The van der Waals surface area contributed by atoms with Gasteiger partial charge in [0.2, 0.25) is 5.78 Å². The smallest absolute Gasteiger partial charge is 0.281 e. The minimum atomic E-state index is -0.287. The van der Waals surface area contributed by atoms with Crippen LogP contribution in [0.5, 0.6) is 0 Å². The molecule has 5 aromatic rings. The van der Waals surface area contributed by atoms with Gasteiger partial charge in [0.25, 0.3) is 5.82 Å². The van der Waals surface area contributed by atoms with Gasteiger partial charge >= 0.3 is 0 Å². The van der Waals surface area contributed by atoms with Crippen molar-refractivity contribution < 1.29 is 4.57 Å². The van der Waals surface area contributed by atoms with Gasteiger partial charge in [0.15, 0.2) is 16.7 Å². The molecule has 0 spiro atoms. The van der Waals surface area contributed by atoms with Crippen LogP contribution in [0, 0.1) is 20.8 Å². The zero-order chi connectivity index (χ0) is 19.5. The summed E-state index contributed by atoms with van der Waals surface area (Å²) in [6, 6.07) is 13.2. The summed E-state index contributed by atoms with van der Waals surface area (Å²) in [4.78, 5) is 4.99. The molecule has 0 saturated carbocycles. The number of aryl methyl sites for hydroxylation is 4. The number of hydrogen-bond donors (Lipinski definition) is 0. The molecule has 4 heterocycles. The van der Waals surface area contributed by atoms with Crippen LogP contribution in [0.2, 0.25) is 0 Å². The molecule has 2 aromatic carbocycles. The number of hydrogen-bond acceptors (Lipinski definition) is 1. The lowest BCUT2D eigenvalue weighted by Gasteiger charge is -2.31. The summed E-state index contributed by atoms with van der Waals surface area (Å²) >= 11 is 0. The highest BCUT2D eigenvalue weighted by molar-refractivity contribution is 5.97. The number of imidazole rings is 3. The Balaban J connectivity index is 1.97. The van der Waals surface area contributed by atoms with Crippen molar-refractivity contribution in [2.24, 2.45) is 7.05 Å². The van der Waals surface area contributed by atoms with Gasteiger partial charge in [-0.3, -0.25) is 8.97 Å². The van der Waals surface area contributed by atoms with Crippen LogP contribution in [0.1, 0.15) is 30.8 Å². The normalized spacial score (nSPS) is 15.1. The number of aromatic nitrogens is 5. The Morgan fingerprint density at radius 2 is 1.68 bits per heavy atom. The quantitative estimate of drug-likeness (QED) is 0.376. The summed E-state index contributed by atoms with van der Waals surface area (Å²) in [6.45, 7) is 11.1. The molecule has 28 heavy (non-hydrogen) atoms. The zero-order valence-electron chi connectivity index (χ0n) is 17.2. The van der Waals surface area contributed by atoms with Crippen molar-refractivity contribution in [3.8, 4) is 11.4 Å². The molecule has 0 bridgehead atoms. The second-order valence-electron chi connectivity index (χ2n) is 8.58. The van der Waals surface area contributed by atoms with E-state index < -0.39 is 0 Å². The molecule has 0 unspecified atom stereocenters. The maximum absolute atomic E-state index is 4.99. The van der Waals surface area contributed by atoms with Crippen molar-refractivity contribution in [2.45, 2.75) is 40.3 Å².